The first-order chi connectivity index (χ1) is 8.66. The predicted molar refractivity (Wildman–Crippen MR) is 78.3 cm³/mol. The van der Waals surface area contributed by atoms with Crippen molar-refractivity contribution in [2.24, 2.45) is 5.73 Å². The highest BCUT2D eigenvalue weighted by atomic mass is 35.5. The number of hydrogen-bond donors (Lipinski definition) is 2. The van der Waals surface area contributed by atoms with Gasteiger partial charge in [0.1, 0.15) is 0 Å². The third-order valence-corrected chi connectivity index (χ3v) is 2.84. The van der Waals surface area contributed by atoms with Gasteiger partial charge in [0.2, 0.25) is 0 Å². The van der Waals surface area contributed by atoms with Gasteiger partial charge in [-0.1, -0.05) is 54.6 Å². The average Bonchev–Trinajstić information content (AvgIpc) is 2.39. The van der Waals surface area contributed by atoms with E-state index in [1.807, 2.05) is 54.6 Å². The van der Waals surface area contributed by atoms with Crippen LogP contribution in [0, 0.1) is 0 Å². The lowest BCUT2D eigenvalue weighted by molar-refractivity contribution is -0.137. The number of carboxylic acids is 1. The Kier molecular flexibility index (Phi) is 5.55. The summed E-state index contributed by atoms with van der Waals surface area (Å²) in [6, 6.07) is 17.3. The summed E-state index contributed by atoms with van der Waals surface area (Å²) in [6.45, 7) is 0. The van der Waals surface area contributed by atoms with Crippen molar-refractivity contribution >= 4 is 18.4 Å². The third-order valence-electron chi connectivity index (χ3n) is 2.84. The Morgan fingerprint density at radius 3 is 2.05 bits per heavy atom. The summed E-state index contributed by atoms with van der Waals surface area (Å²) < 4.78 is 0. The van der Waals surface area contributed by atoms with Crippen molar-refractivity contribution in [1.82, 2.24) is 0 Å². The molecule has 1 atom stereocenters. The van der Waals surface area contributed by atoms with Crippen molar-refractivity contribution < 1.29 is 9.90 Å². The minimum Gasteiger partial charge on any atom is -0.481 e. The smallest absolute Gasteiger partial charge is 0.305 e. The van der Waals surface area contributed by atoms with Crippen molar-refractivity contribution in [2.45, 2.75) is 12.5 Å². The molecule has 0 aliphatic heterocycles. The van der Waals surface area contributed by atoms with E-state index in [1.54, 1.807) is 0 Å². The monoisotopic (exact) mass is 277 g/mol. The van der Waals surface area contributed by atoms with Gasteiger partial charge in [0.15, 0.2) is 0 Å². The fraction of sp³-hybridized carbons (Fsp3) is 0.133. The fourth-order valence-electron chi connectivity index (χ4n) is 1.86. The molecular formula is C15H16ClNO2. The molecule has 100 valence electrons. The van der Waals surface area contributed by atoms with E-state index in [2.05, 4.69) is 0 Å². The fourth-order valence-corrected chi connectivity index (χ4v) is 1.86. The highest BCUT2D eigenvalue weighted by Crippen LogP contribution is 2.22. The second-order valence-electron chi connectivity index (χ2n) is 4.19. The summed E-state index contributed by atoms with van der Waals surface area (Å²) in [6.07, 6.45) is -0.0509. The van der Waals surface area contributed by atoms with Gasteiger partial charge in [-0.25, -0.2) is 0 Å². The van der Waals surface area contributed by atoms with Crippen molar-refractivity contribution in [3.63, 3.8) is 0 Å². The topological polar surface area (TPSA) is 63.3 Å². The zero-order chi connectivity index (χ0) is 13.0. The highest BCUT2D eigenvalue weighted by molar-refractivity contribution is 5.85. The summed E-state index contributed by atoms with van der Waals surface area (Å²) >= 11 is 0. The van der Waals surface area contributed by atoms with E-state index >= 15 is 0 Å². The molecule has 0 aliphatic rings. The molecule has 2 rings (SSSR count). The maximum Gasteiger partial charge on any atom is 0.305 e. The van der Waals surface area contributed by atoms with Crippen molar-refractivity contribution in [3.8, 4) is 11.1 Å². The lowest BCUT2D eigenvalue weighted by Gasteiger charge is -2.10. The van der Waals surface area contributed by atoms with E-state index in [0.29, 0.717) is 0 Å². The van der Waals surface area contributed by atoms with Gasteiger partial charge in [-0.3, -0.25) is 4.79 Å². The first-order valence-corrected chi connectivity index (χ1v) is 5.79. The molecule has 0 aromatic heterocycles. The van der Waals surface area contributed by atoms with E-state index in [-0.39, 0.29) is 18.8 Å². The Balaban J connectivity index is 0.00000180. The van der Waals surface area contributed by atoms with Crippen LogP contribution < -0.4 is 5.73 Å². The molecular weight excluding hydrogens is 262 g/mol. The maximum atomic E-state index is 10.6. The molecule has 4 heteroatoms. The number of benzene rings is 2. The highest BCUT2D eigenvalue weighted by Gasteiger charge is 2.10. The van der Waals surface area contributed by atoms with Gasteiger partial charge in [-0.2, -0.15) is 0 Å². The van der Waals surface area contributed by atoms with Crippen LogP contribution in [0.5, 0.6) is 0 Å². The predicted octanol–water partition coefficient (Wildman–Crippen LogP) is 3.25. The van der Waals surface area contributed by atoms with Crippen LogP contribution in [0.4, 0.5) is 0 Å². The molecule has 0 saturated heterocycles. The van der Waals surface area contributed by atoms with Crippen LogP contribution in [0.2, 0.25) is 0 Å². The Morgan fingerprint density at radius 1 is 1.00 bits per heavy atom. The van der Waals surface area contributed by atoms with Crippen LogP contribution in [0.3, 0.4) is 0 Å². The number of rotatable bonds is 4. The molecule has 0 heterocycles. The van der Waals surface area contributed by atoms with Gasteiger partial charge < -0.3 is 10.8 Å². The van der Waals surface area contributed by atoms with Crippen molar-refractivity contribution in [2.75, 3.05) is 0 Å². The van der Waals surface area contributed by atoms with E-state index in [9.17, 15) is 4.79 Å². The standard InChI is InChI=1S/C15H15NO2.ClH/c16-14(10-15(17)18)13-8-6-12(7-9-13)11-4-2-1-3-5-11;/h1-9,14H,10,16H2,(H,17,18);1H/t14-;/m0./s1. The summed E-state index contributed by atoms with van der Waals surface area (Å²) in [7, 11) is 0. The average molecular weight is 278 g/mol. The zero-order valence-electron chi connectivity index (χ0n) is 10.3. The number of carbonyl (C=O) groups is 1. The number of aliphatic carboxylic acids is 1. The molecule has 3 N–H and O–H groups in total. The van der Waals surface area contributed by atoms with Crippen LogP contribution in [-0.4, -0.2) is 11.1 Å². The first kappa shape index (κ1) is 15.2. The number of halogens is 1. The molecule has 0 saturated carbocycles. The molecule has 0 unspecified atom stereocenters. The lowest BCUT2D eigenvalue weighted by Crippen LogP contribution is -2.14. The van der Waals surface area contributed by atoms with E-state index in [0.717, 1.165) is 16.7 Å². The largest absolute Gasteiger partial charge is 0.481 e. The molecule has 0 aliphatic carbocycles. The minimum atomic E-state index is -0.880. The minimum absolute atomic E-state index is 0. The molecule has 0 bridgehead atoms. The molecule has 2 aromatic carbocycles. The Morgan fingerprint density at radius 2 is 1.53 bits per heavy atom. The second kappa shape index (κ2) is 6.92. The maximum absolute atomic E-state index is 10.6. The Hall–Kier alpha value is -1.84. The number of carboxylic acid groups (broad SMARTS) is 1. The van der Waals surface area contributed by atoms with Crippen LogP contribution in [0.15, 0.2) is 54.6 Å². The second-order valence-corrected chi connectivity index (χ2v) is 4.19. The molecule has 19 heavy (non-hydrogen) atoms. The van der Waals surface area contributed by atoms with Gasteiger partial charge in [-0.05, 0) is 16.7 Å². The normalized spacial score (nSPS) is 11.4. The molecule has 0 spiro atoms. The Labute approximate surface area is 118 Å². The quantitative estimate of drug-likeness (QED) is 0.902. The zero-order valence-corrected chi connectivity index (χ0v) is 11.1. The van der Waals surface area contributed by atoms with Gasteiger partial charge >= 0.3 is 5.97 Å². The SMILES string of the molecule is Cl.N[C@@H](CC(=O)O)c1ccc(-c2ccccc2)cc1. The molecule has 0 amide bonds. The number of nitrogens with two attached hydrogens (primary N) is 1. The molecule has 0 fully saturated rings. The summed E-state index contributed by atoms with van der Waals surface area (Å²) in [5, 5.41) is 8.70. The molecule has 0 radical (unpaired) electrons. The van der Waals surface area contributed by atoms with E-state index < -0.39 is 12.0 Å². The summed E-state index contributed by atoms with van der Waals surface area (Å²) in [4.78, 5) is 10.6. The van der Waals surface area contributed by atoms with Crippen molar-refractivity contribution in [1.29, 1.82) is 0 Å². The summed E-state index contributed by atoms with van der Waals surface area (Å²) in [5.74, 6) is -0.880. The molecule has 3 nitrogen and oxygen atoms in total. The van der Waals surface area contributed by atoms with Crippen LogP contribution in [0.25, 0.3) is 11.1 Å². The summed E-state index contributed by atoms with van der Waals surface area (Å²) in [5.41, 5.74) is 8.88. The lowest BCUT2D eigenvalue weighted by atomic mass is 10.00. The van der Waals surface area contributed by atoms with Gasteiger partial charge in [-0.15, -0.1) is 12.4 Å². The van der Waals surface area contributed by atoms with Gasteiger partial charge in [0.05, 0.1) is 6.42 Å². The third kappa shape index (κ3) is 4.09. The Bertz CT molecular complexity index is 526. The van der Waals surface area contributed by atoms with Crippen LogP contribution in [0.1, 0.15) is 18.0 Å². The van der Waals surface area contributed by atoms with Crippen LogP contribution >= 0.6 is 12.4 Å². The number of hydrogen-bond acceptors (Lipinski definition) is 2. The van der Waals surface area contributed by atoms with Gasteiger partial charge in [0, 0.05) is 6.04 Å². The van der Waals surface area contributed by atoms with E-state index in [4.69, 9.17) is 10.8 Å². The van der Waals surface area contributed by atoms with E-state index in [1.165, 1.54) is 0 Å². The first-order valence-electron chi connectivity index (χ1n) is 5.79. The molecule has 2 aromatic rings. The van der Waals surface area contributed by atoms with Crippen molar-refractivity contribution in [3.05, 3.63) is 60.2 Å². The van der Waals surface area contributed by atoms with Crippen LogP contribution in [-0.2, 0) is 4.79 Å². The van der Waals surface area contributed by atoms with Gasteiger partial charge in [0.25, 0.3) is 0 Å².